The Morgan fingerprint density at radius 2 is 1.96 bits per heavy atom. The van der Waals surface area contributed by atoms with E-state index in [0.717, 1.165) is 32.9 Å². The van der Waals surface area contributed by atoms with Crippen molar-refractivity contribution < 1.29 is 9.72 Å². The molecule has 126 valence electrons. The lowest BCUT2D eigenvalue weighted by Gasteiger charge is -2.18. The van der Waals surface area contributed by atoms with Gasteiger partial charge in [-0.05, 0) is 24.1 Å². The molecule has 1 heterocycles. The third-order valence-electron chi connectivity index (χ3n) is 3.51. The molecule has 8 heteroatoms. The highest BCUT2D eigenvalue weighted by Gasteiger charge is 2.15. The van der Waals surface area contributed by atoms with E-state index in [9.17, 15) is 19.7 Å². The van der Waals surface area contributed by atoms with Crippen LogP contribution in [0.1, 0.15) is 24.9 Å². The lowest BCUT2D eigenvalue weighted by Crippen LogP contribution is -2.34. The van der Waals surface area contributed by atoms with E-state index >= 15 is 0 Å². The maximum atomic E-state index is 12.2. The van der Waals surface area contributed by atoms with Crippen molar-refractivity contribution in [3.05, 3.63) is 73.1 Å². The Morgan fingerprint density at radius 3 is 2.54 bits per heavy atom. The Labute approximate surface area is 146 Å². The molecule has 0 aliphatic rings. The number of hydrogen-bond donors (Lipinski definition) is 1. The molecule has 0 spiro atoms. The smallest absolute Gasteiger partial charge is 0.285 e. The van der Waals surface area contributed by atoms with E-state index in [1.165, 1.54) is 0 Å². The van der Waals surface area contributed by atoms with Crippen molar-refractivity contribution in [1.29, 1.82) is 0 Å². The van der Waals surface area contributed by atoms with Crippen molar-refractivity contribution in [2.45, 2.75) is 25.9 Å². The van der Waals surface area contributed by atoms with Gasteiger partial charge in [-0.1, -0.05) is 35.0 Å². The Hall–Kier alpha value is -2.48. The summed E-state index contributed by atoms with van der Waals surface area (Å²) >= 11 is 3.36. The summed E-state index contributed by atoms with van der Waals surface area (Å²) in [5.74, 6) is -0.382. The molecule has 1 aromatic carbocycles. The number of amides is 1. The van der Waals surface area contributed by atoms with Crippen LogP contribution >= 0.6 is 15.9 Å². The van der Waals surface area contributed by atoms with Gasteiger partial charge in [-0.2, -0.15) is 0 Å². The number of carbonyl (C=O) groups is 1. The minimum atomic E-state index is -0.607. The summed E-state index contributed by atoms with van der Waals surface area (Å²) in [7, 11) is 0. The van der Waals surface area contributed by atoms with Crippen LogP contribution in [0.25, 0.3) is 0 Å². The Bertz CT molecular complexity index is 802. The third-order valence-corrected chi connectivity index (χ3v) is 4.04. The molecule has 7 nitrogen and oxygen atoms in total. The van der Waals surface area contributed by atoms with Crippen molar-refractivity contribution in [3.8, 4) is 0 Å². The van der Waals surface area contributed by atoms with E-state index in [4.69, 9.17) is 0 Å². The highest BCUT2D eigenvalue weighted by molar-refractivity contribution is 9.10. The molecule has 0 saturated heterocycles. The number of carbonyl (C=O) groups excluding carboxylic acids is 1. The standard InChI is InChI=1S/C16H16BrN3O4/c1-2-14(11-3-5-12(17)6-4-11)18-15(21)10-19-9-13(20(23)24)7-8-16(19)22/h3-9,14H,2,10H2,1H3,(H,18,21). The minimum Gasteiger partial charge on any atom is -0.348 e. The highest BCUT2D eigenvalue weighted by atomic mass is 79.9. The first-order valence-electron chi connectivity index (χ1n) is 7.30. The quantitative estimate of drug-likeness (QED) is 0.602. The SMILES string of the molecule is CCC(NC(=O)Cn1cc([N+](=O)[O-])ccc1=O)c1ccc(Br)cc1. The van der Waals surface area contributed by atoms with Gasteiger partial charge in [-0.3, -0.25) is 24.3 Å². The van der Waals surface area contributed by atoms with Gasteiger partial charge in [0, 0.05) is 16.6 Å². The fourth-order valence-electron chi connectivity index (χ4n) is 2.26. The summed E-state index contributed by atoms with van der Waals surface area (Å²) in [6.07, 6.45) is 1.75. The fourth-order valence-corrected chi connectivity index (χ4v) is 2.53. The van der Waals surface area contributed by atoms with Gasteiger partial charge in [0.15, 0.2) is 0 Å². The Morgan fingerprint density at radius 1 is 1.29 bits per heavy atom. The highest BCUT2D eigenvalue weighted by Crippen LogP contribution is 2.19. The first-order valence-corrected chi connectivity index (χ1v) is 8.09. The number of pyridine rings is 1. The molecule has 1 amide bonds. The summed E-state index contributed by atoms with van der Waals surface area (Å²) in [5, 5.41) is 13.6. The predicted octanol–water partition coefficient (Wildman–Crippen LogP) is 2.79. The van der Waals surface area contributed by atoms with Gasteiger partial charge >= 0.3 is 0 Å². The van der Waals surface area contributed by atoms with Gasteiger partial charge in [0.05, 0.1) is 17.2 Å². The molecule has 0 fully saturated rings. The van der Waals surface area contributed by atoms with E-state index in [1.54, 1.807) is 0 Å². The van der Waals surface area contributed by atoms with Crippen molar-refractivity contribution in [2.24, 2.45) is 0 Å². The predicted molar refractivity (Wildman–Crippen MR) is 92.7 cm³/mol. The second-order valence-corrected chi connectivity index (χ2v) is 6.11. The molecule has 0 saturated carbocycles. The first kappa shape index (κ1) is 17.9. The zero-order chi connectivity index (χ0) is 17.7. The number of nitrogens with one attached hydrogen (secondary N) is 1. The van der Waals surface area contributed by atoms with Crippen LogP contribution in [0.15, 0.2) is 51.9 Å². The van der Waals surface area contributed by atoms with Gasteiger partial charge in [0.1, 0.15) is 6.54 Å². The second kappa shape index (κ2) is 7.87. The molecular formula is C16H16BrN3O4. The molecule has 24 heavy (non-hydrogen) atoms. The second-order valence-electron chi connectivity index (χ2n) is 5.19. The van der Waals surface area contributed by atoms with Gasteiger partial charge < -0.3 is 5.32 Å². The zero-order valence-electron chi connectivity index (χ0n) is 12.9. The van der Waals surface area contributed by atoms with Crippen molar-refractivity contribution in [2.75, 3.05) is 0 Å². The molecule has 2 aromatic rings. The molecule has 1 N–H and O–H groups in total. The lowest BCUT2D eigenvalue weighted by molar-refractivity contribution is -0.385. The number of rotatable bonds is 6. The van der Waals surface area contributed by atoms with Crippen LogP contribution in [0, 0.1) is 10.1 Å². The number of nitrogens with zero attached hydrogens (tertiary/aromatic N) is 2. The molecule has 0 aliphatic carbocycles. The summed E-state index contributed by atoms with van der Waals surface area (Å²) in [5.41, 5.74) is 0.246. The topological polar surface area (TPSA) is 94.2 Å². The maximum Gasteiger partial charge on any atom is 0.285 e. The molecule has 0 aliphatic heterocycles. The van der Waals surface area contributed by atoms with E-state index in [2.05, 4.69) is 21.2 Å². The van der Waals surface area contributed by atoms with Gasteiger partial charge in [-0.25, -0.2) is 0 Å². The molecule has 2 rings (SSSR count). The lowest BCUT2D eigenvalue weighted by atomic mass is 10.0. The summed E-state index contributed by atoms with van der Waals surface area (Å²) in [6.45, 7) is 1.67. The fraction of sp³-hybridized carbons (Fsp3) is 0.250. The van der Waals surface area contributed by atoms with Crippen LogP contribution in [0.5, 0.6) is 0 Å². The number of benzene rings is 1. The normalized spacial score (nSPS) is 11.8. The average Bonchev–Trinajstić information content (AvgIpc) is 2.55. The van der Waals surface area contributed by atoms with Crippen LogP contribution in [0.2, 0.25) is 0 Å². The monoisotopic (exact) mass is 393 g/mol. The van der Waals surface area contributed by atoms with Crippen LogP contribution < -0.4 is 10.9 Å². The van der Waals surface area contributed by atoms with Crippen molar-refractivity contribution in [1.82, 2.24) is 9.88 Å². The molecule has 0 radical (unpaired) electrons. The van der Waals surface area contributed by atoms with Crippen LogP contribution in [-0.4, -0.2) is 15.4 Å². The molecular weight excluding hydrogens is 378 g/mol. The van der Waals surface area contributed by atoms with E-state index in [-0.39, 0.29) is 24.2 Å². The number of aromatic nitrogens is 1. The van der Waals surface area contributed by atoms with E-state index < -0.39 is 10.5 Å². The zero-order valence-corrected chi connectivity index (χ0v) is 14.5. The number of halogens is 1. The van der Waals surface area contributed by atoms with E-state index in [0.29, 0.717) is 6.42 Å². The maximum absolute atomic E-state index is 12.2. The largest absolute Gasteiger partial charge is 0.348 e. The Kier molecular flexibility index (Phi) is 5.86. The van der Waals surface area contributed by atoms with Crippen LogP contribution in [0.4, 0.5) is 5.69 Å². The van der Waals surface area contributed by atoms with Gasteiger partial charge in [-0.15, -0.1) is 0 Å². The average molecular weight is 394 g/mol. The molecule has 1 unspecified atom stereocenters. The summed E-state index contributed by atoms with van der Waals surface area (Å²) in [6, 6.07) is 9.57. The summed E-state index contributed by atoms with van der Waals surface area (Å²) < 4.78 is 1.97. The number of hydrogen-bond acceptors (Lipinski definition) is 4. The molecule has 1 aromatic heterocycles. The molecule has 1 atom stereocenters. The molecule has 0 bridgehead atoms. The van der Waals surface area contributed by atoms with Crippen molar-refractivity contribution in [3.63, 3.8) is 0 Å². The first-order chi connectivity index (χ1) is 11.4. The van der Waals surface area contributed by atoms with Gasteiger partial charge in [0.2, 0.25) is 5.91 Å². The summed E-state index contributed by atoms with van der Waals surface area (Å²) in [4.78, 5) is 34.1. The van der Waals surface area contributed by atoms with Gasteiger partial charge in [0.25, 0.3) is 11.2 Å². The number of nitro groups is 1. The minimum absolute atomic E-state index is 0.194. The van der Waals surface area contributed by atoms with Crippen molar-refractivity contribution >= 4 is 27.5 Å². The Balaban J connectivity index is 2.12. The van der Waals surface area contributed by atoms with Crippen LogP contribution in [-0.2, 0) is 11.3 Å². The van der Waals surface area contributed by atoms with Crippen LogP contribution in [0.3, 0.4) is 0 Å². The van der Waals surface area contributed by atoms with E-state index in [1.807, 2.05) is 31.2 Å². The third kappa shape index (κ3) is 4.51.